The summed E-state index contributed by atoms with van der Waals surface area (Å²) in [6.07, 6.45) is 0. The highest BCUT2D eigenvalue weighted by Crippen LogP contribution is 2.26. The smallest absolute Gasteiger partial charge is 0.253 e. The molecule has 0 fully saturated rings. The topological polar surface area (TPSA) is 113 Å². The lowest BCUT2D eigenvalue weighted by Crippen LogP contribution is -2.29. The molecule has 158 valence electrons. The van der Waals surface area contributed by atoms with E-state index in [0.717, 1.165) is 22.6 Å². The quantitative estimate of drug-likeness (QED) is 0.420. The minimum absolute atomic E-state index is 0.125. The van der Waals surface area contributed by atoms with Crippen LogP contribution in [0.25, 0.3) is 22.5 Å². The molecule has 4 aromatic rings. The van der Waals surface area contributed by atoms with Crippen LogP contribution in [0.1, 0.15) is 5.69 Å². The fourth-order valence-corrected chi connectivity index (χ4v) is 3.56. The second kappa shape index (κ2) is 9.37. The van der Waals surface area contributed by atoms with E-state index in [-0.39, 0.29) is 29.7 Å². The lowest BCUT2D eigenvalue weighted by molar-refractivity contribution is -0.809. The highest BCUT2D eigenvalue weighted by atomic mass is 32.1. The molecule has 2 aromatic carbocycles. The van der Waals surface area contributed by atoms with Crippen LogP contribution < -0.4 is 15.0 Å². The Bertz CT molecular complexity index is 1160. The summed E-state index contributed by atoms with van der Waals surface area (Å²) in [7, 11) is 1.61. The molecule has 2 aromatic heterocycles. The highest BCUT2D eigenvalue weighted by Gasteiger charge is 2.21. The first kappa shape index (κ1) is 20.5. The molecule has 2 heterocycles. The van der Waals surface area contributed by atoms with Crippen LogP contribution in [-0.4, -0.2) is 29.8 Å². The van der Waals surface area contributed by atoms with Crippen molar-refractivity contribution < 1.29 is 23.8 Å². The maximum absolute atomic E-state index is 12.2. The monoisotopic (exact) mass is 438 g/mol. The summed E-state index contributed by atoms with van der Waals surface area (Å²) < 4.78 is 15.2. The normalized spacial score (nSPS) is 10.7. The zero-order valence-electron chi connectivity index (χ0n) is 16.5. The number of methoxy groups -OCH3 is 1. The number of ether oxygens (including phenoxy) is 2. The number of anilines is 1. The highest BCUT2D eigenvalue weighted by molar-refractivity contribution is 7.14. The summed E-state index contributed by atoms with van der Waals surface area (Å²) in [4.78, 5) is 16.9. The third kappa shape index (κ3) is 4.87. The van der Waals surface area contributed by atoms with Gasteiger partial charge in [0.05, 0.1) is 12.8 Å². The molecule has 4 rings (SSSR count). The summed E-state index contributed by atoms with van der Waals surface area (Å²) in [6, 6.07) is 16.6. The number of benzene rings is 2. The summed E-state index contributed by atoms with van der Waals surface area (Å²) >= 11 is 1.31. The first-order valence-corrected chi connectivity index (χ1v) is 10.1. The first-order chi connectivity index (χ1) is 15.1. The van der Waals surface area contributed by atoms with Gasteiger partial charge in [-0.2, -0.15) is 0 Å². The summed E-state index contributed by atoms with van der Waals surface area (Å²) in [5.41, 5.74) is 2.94. The number of carbonyl (C=O) groups excluding carboxylic acids is 1. The predicted octanol–water partition coefficient (Wildman–Crippen LogP) is 3.26. The fourth-order valence-electron chi connectivity index (χ4n) is 2.82. The number of nitrogens with one attached hydrogen (secondary N) is 1. The predicted molar refractivity (Wildman–Crippen MR) is 113 cm³/mol. The fraction of sp³-hybridized carbons (Fsp3) is 0.143. The van der Waals surface area contributed by atoms with Gasteiger partial charge >= 0.3 is 0 Å². The Morgan fingerprint density at radius 2 is 1.94 bits per heavy atom. The molecule has 0 atom stereocenters. The second-order valence-corrected chi connectivity index (χ2v) is 7.26. The van der Waals surface area contributed by atoms with Gasteiger partial charge in [-0.25, -0.2) is 4.98 Å². The van der Waals surface area contributed by atoms with E-state index in [9.17, 15) is 10.0 Å². The maximum Gasteiger partial charge on any atom is 0.253 e. The van der Waals surface area contributed by atoms with Gasteiger partial charge in [0.2, 0.25) is 5.69 Å². The Kier molecular flexibility index (Phi) is 6.20. The third-order valence-corrected chi connectivity index (χ3v) is 5.11. The van der Waals surface area contributed by atoms with Crippen molar-refractivity contribution in [1.29, 1.82) is 0 Å². The average molecular weight is 438 g/mol. The summed E-state index contributed by atoms with van der Waals surface area (Å²) in [6.45, 7) is -0.378. The summed E-state index contributed by atoms with van der Waals surface area (Å²) in [5.74, 6) is 0.373. The van der Waals surface area contributed by atoms with Gasteiger partial charge < -0.3 is 14.7 Å². The number of rotatable bonds is 8. The molecule has 0 saturated carbocycles. The number of hydrogen-bond donors (Lipinski definition) is 1. The largest absolute Gasteiger partial charge is 0.497 e. The van der Waals surface area contributed by atoms with Crippen LogP contribution in [-0.2, 0) is 16.1 Å². The van der Waals surface area contributed by atoms with Crippen molar-refractivity contribution in [2.45, 2.75) is 6.61 Å². The number of nitrogens with zero attached hydrogens (tertiary/aromatic N) is 3. The van der Waals surface area contributed by atoms with E-state index < -0.39 is 0 Å². The molecular formula is C21H18N4O5S. The van der Waals surface area contributed by atoms with E-state index in [2.05, 4.69) is 20.1 Å². The van der Waals surface area contributed by atoms with Gasteiger partial charge in [0, 0.05) is 21.7 Å². The van der Waals surface area contributed by atoms with Crippen LogP contribution in [0.5, 0.6) is 5.75 Å². The molecule has 0 unspecified atom stereocenters. The Morgan fingerprint density at radius 1 is 1.16 bits per heavy atom. The molecule has 0 bridgehead atoms. The number of hydrogen-bond acceptors (Lipinski definition) is 8. The minimum atomic E-state index is -0.384. The Labute approximate surface area is 181 Å². The van der Waals surface area contributed by atoms with Crippen molar-refractivity contribution in [3.63, 3.8) is 0 Å². The summed E-state index contributed by atoms with van der Waals surface area (Å²) in [5, 5.41) is 20.6. The van der Waals surface area contributed by atoms with Crippen molar-refractivity contribution >= 4 is 22.4 Å². The van der Waals surface area contributed by atoms with Crippen molar-refractivity contribution in [3.8, 4) is 28.3 Å². The number of carbonyl (C=O) groups is 1. The van der Waals surface area contributed by atoms with Gasteiger partial charge in [-0.3, -0.25) is 14.7 Å². The molecule has 0 aliphatic carbocycles. The van der Waals surface area contributed by atoms with Crippen molar-refractivity contribution in [3.05, 3.63) is 70.9 Å². The number of aromatic nitrogens is 3. The molecule has 10 heteroatoms. The minimum Gasteiger partial charge on any atom is -0.497 e. The van der Waals surface area contributed by atoms with Gasteiger partial charge in [-0.05, 0) is 29.2 Å². The average Bonchev–Trinajstić information content (AvgIpc) is 3.41. The second-order valence-electron chi connectivity index (χ2n) is 6.40. The zero-order valence-corrected chi connectivity index (χ0v) is 17.3. The van der Waals surface area contributed by atoms with Gasteiger partial charge in [0.25, 0.3) is 11.6 Å². The molecule has 9 nitrogen and oxygen atoms in total. The molecule has 0 spiro atoms. The van der Waals surface area contributed by atoms with E-state index in [1.807, 2.05) is 47.8 Å². The van der Waals surface area contributed by atoms with Crippen molar-refractivity contribution in [2.24, 2.45) is 0 Å². The van der Waals surface area contributed by atoms with Gasteiger partial charge in [-0.15, -0.1) is 11.3 Å². The van der Waals surface area contributed by atoms with Crippen LogP contribution in [0.3, 0.4) is 0 Å². The maximum atomic E-state index is 12.2. The van der Waals surface area contributed by atoms with Crippen LogP contribution in [0, 0.1) is 5.21 Å². The van der Waals surface area contributed by atoms with E-state index in [1.54, 1.807) is 19.2 Å². The van der Waals surface area contributed by atoms with Crippen LogP contribution in [0.2, 0.25) is 0 Å². The molecule has 0 saturated heterocycles. The van der Waals surface area contributed by atoms with Gasteiger partial charge in [-0.1, -0.05) is 30.3 Å². The van der Waals surface area contributed by atoms with E-state index in [4.69, 9.17) is 9.47 Å². The molecular weight excluding hydrogens is 420 g/mol. The Morgan fingerprint density at radius 3 is 2.68 bits per heavy atom. The van der Waals surface area contributed by atoms with E-state index in [0.29, 0.717) is 10.8 Å². The van der Waals surface area contributed by atoms with Gasteiger partial charge in [0.15, 0.2) is 5.13 Å². The van der Waals surface area contributed by atoms with Crippen LogP contribution >= 0.6 is 11.3 Å². The molecule has 0 aliphatic rings. The zero-order chi connectivity index (χ0) is 21.6. The molecule has 0 aliphatic heterocycles. The molecule has 1 N–H and O–H groups in total. The van der Waals surface area contributed by atoms with Gasteiger partial charge in [0.1, 0.15) is 19.0 Å². The lowest BCUT2D eigenvalue weighted by Gasteiger charge is -2.03. The van der Waals surface area contributed by atoms with Crippen molar-refractivity contribution in [2.75, 3.05) is 19.0 Å². The van der Waals surface area contributed by atoms with E-state index >= 15 is 0 Å². The molecule has 0 radical (unpaired) electrons. The lowest BCUT2D eigenvalue weighted by atomic mass is 10.1. The van der Waals surface area contributed by atoms with Crippen molar-refractivity contribution in [1.82, 2.24) is 10.1 Å². The molecule has 1 amide bonds. The standard InChI is InChI=1S/C21H18N4O5S/c1-28-16-9-7-14(8-10-16)17-13-31-21(22-17)23-19(26)12-29-11-18-20(24-30-25(18)27)15-5-3-2-4-6-15/h2-10,13H,11-12H2,1H3,(H,22,23,26). The molecule has 31 heavy (non-hydrogen) atoms. The Balaban J connectivity index is 1.33. The number of amides is 1. The first-order valence-electron chi connectivity index (χ1n) is 9.25. The number of thiazole rings is 1. The van der Waals surface area contributed by atoms with E-state index in [1.165, 1.54) is 11.3 Å². The van der Waals surface area contributed by atoms with Crippen LogP contribution in [0.15, 0.2) is 64.6 Å². The SMILES string of the molecule is COc1ccc(-c2csc(NC(=O)COCc3c(-c4ccccc4)no[n+]3[O-])n2)cc1. The van der Waals surface area contributed by atoms with Crippen LogP contribution in [0.4, 0.5) is 5.13 Å². The third-order valence-electron chi connectivity index (χ3n) is 4.36. The Hall–Kier alpha value is -3.76.